The van der Waals surface area contributed by atoms with Crippen molar-refractivity contribution in [1.29, 1.82) is 0 Å². The highest BCUT2D eigenvalue weighted by molar-refractivity contribution is 9.10. The Labute approximate surface area is 135 Å². The number of ether oxygens (including phenoxy) is 1. The predicted octanol–water partition coefficient (Wildman–Crippen LogP) is 2.39. The first-order valence-electron chi connectivity index (χ1n) is 6.27. The molecule has 0 aliphatic rings. The zero-order chi connectivity index (χ0) is 15.9. The topological polar surface area (TPSA) is 91.2 Å². The number of carbonyl (C=O) groups excluding carboxylic acids is 1. The number of carbonyl (C=O) groups is 1. The molecule has 1 amide bonds. The summed E-state index contributed by atoms with van der Waals surface area (Å²) in [4.78, 5) is 11.6. The molecule has 3 N–H and O–H groups in total. The molecule has 0 unspecified atom stereocenters. The molecule has 7 heteroatoms. The number of hydrazone groups is 1. The van der Waals surface area contributed by atoms with Crippen LogP contribution in [0.15, 0.2) is 52.0 Å². The number of hydrogen-bond acceptors (Lipinski definition) is 5. The summed E-state index contributed by atoms with van der Waals surface area (Å²) in [5.41, 5.74) is 2.72. The highest BCUT2D eigenvalue weighted by Gasteiger charge is 2.05. The van der Waals surface area contributed by atoms with E-state index in [-0.39, 0.29) is 23.9 Å². The summed E-state index contributed by atoms with van der Waals surface area (Å²) in [5.74, 6) is -0.273. The Bertz CT molecular complexity index is 704. The molecule has 0 saturated carbocycles. The number of aromatic hydroxyl groups is 2. The van der Waals surface area contributed by atoms with Crippen LogP contribution in [0.2, 0.25) is 0 Å². The van der Waals surface area contributed by atoms with E-state index >= 15 is 0 Å². The van der Waals surface area contributed by atoms with Crippen LogP contribution in [0.1, 0.15) is 5.56 Å². The van der Waals surface area contributed by atoms with Gasteiger partial charge in [-0.2, -0.15) is 5.10 Å². The van der Waals surface area contributed by atoms with Crippen LogP contribution in [0.3, 0.4) is 0 Å². The van der Waals surface area contributed by atoms with Gasteiger partial charge in [0, 0.05) is 10.0 Å². The average molecular weight is 365 g/mol. The number of phenols is 2. The molecule has 0 aromatic heterocycles. The summed E-state index contributed by atoms with van der Waals surface area (Å²) in [7, 11) is 0. The number of phenolic OH excluding ortho intramolecular Hbond substituents is 2. The van der Waals surface area contributed by atoms with Gasteiger partial charge in [-0.25, -0.2) is 5.43 Å². The number of nitrogens with zero attached hydrogens (tertiary/aromatic N) is 1. The lowest BCUT2D eigenvalue weighted by Crippen LogP contribution is -2.24. The monoisotopic (exact) mass is 364 g/mol. The van der Waals surface area contributed by atoms with E-state index in [1.54, 1.807) is 30.3 Å². The Balaban J connectivity index is 1.86. The van der Waals surface area contributed by atoms with Crippen LogP contribution >= 0.6 is 15.9 Å². The Kier molecular flexibility index (Phi) is 5.37. The molecular formula is C15H13BrN2O4. The highest BCUT2D eigenvalue weighted by Crippen LogP contribution is 2.24. The first-order valence-corrected chi connectivity index (χ1v) is 7.07. The quantitative estimate of drug-likeness (QED) is 0.561. The number of nitrogens with one attached hydrogen (secondary N) is 1. The number of benzene rings is 2. The molecule has 6 nitrogen and oxygen atoms in total. The summed E-state index contributed by atoms with van der Waals surface area (Å²) in [6.45, 7) is -0.292. The van der Waals surface area contributed by atoms with Crippen LogP contribution < -0.4 is 10.2 Å². The number of rotatable bonds is 5. The minimum atomic E-state index is -0.492. The van der Waals surface area contributed by atoms with Crippen molar-refractivity contribution in [1.82, 2.24) is 5.43 Å². The van der Waals surface area contributed by atoms with E-state index in [9.17, 15) is 15.0 Å². The van der Waals surface area contributed by atoms with Crippen molar-refractivity contribution in [3.63, 3.8) is 0 Å². The third-order valence-electron chi connectivity index (χ3n) is 2.61. The molecule has 0 saturated heterocycles. The second-order valence-corrected chi connectivity index (χ2v) is 5.17. The lowest BCUT2D eigenvalue weighted by molar-refractivity contribution is -0.123. The minimum Gasteiger partial charge on any atom is -0.507 e. The molecule has 0 aliphatic carbocycles. The fourth-order valence-corrected chi connectivity index (χ4v) is 1.94. The molecule has 0 aliphatic heterocycles. The molecule has 0 bridgehead atoms. The summed E-state index contributed by atoms with van der Waals surface area (Å²) in [5, 5.41) is 22.8. The number of hydrogen-bond donors (Lipinski definition) is 3. The smallest absolute Gasteiger partial charge is 0.277 e. The fourth-order valence-electron chi connectivity index (χ4n) is 1.56. The minimum absolute atomic E-state index is 0.0436. The van der Waals surface area contributed by atoms with Crippen molar-refractivity contribution in [2.24, 2.45) is 5.10 Å². The number of halogens is 1. The number of amides is 1. The molecule has 0 radical (unpaired) electrons. The van der Waals surface area contributed by atoms with Crippen molar-refractivity contribution in [2.75, 3.05) is 6.61 Å². The van der Waals surface area contributed by atoms with Gasteiger partial charge >= 0.3 is 0 Å². The molecule has 2 aromatic rings. The molecular weight excluding hydrogens is 352 g/mol. The van der Waals surface area contributed by atoms with E-state index in [1.165, 1.54) is 18.3 Å². The zero-order valence-corrected chi connectivity index (χ0v) is 12.9. The van der Waals surface area contributed by atoms with Gasteiger partial charge in [0.25, 0.3) is 5.91 Å². The van der Waals surface area contributed by atoms with Crippen LogP contribution in [-0.2, 0) is 4.79 Å². The van der Waals surface area contributed by atoms with Crippen LogP contribution in [0, 0.1) is 0 Å². The van der Waals surface area contributed by atoms with Crippen molar-refractivity contribution in [2.45, 2.75) is 0 Å². The molecule has 114 valence electrons. The maximum atomic E-state index is 11.6. The Morgan fingerprint density at radius 2 is 2.00 bits per heavy atom. The SMILES string of the molecule is O=C(COc1ccccc1O)NN=Cc1cc(Br)ccc1O. The van der Waals surface area contributed by atoms with Crippen LogP contribution in [0.4, 0.5) is 0 Å². The van der Waals surface area contributed by atoms with Gasteiger partial charge in [-0.15, -0.1) is 0 Å². The number of para-hydroxylation sites is 2. The molecule has 0 fully saturated rings. The third-order valence-corrected chi connectivity index (χ3v) is 3.10. The van der Waals surface area contributed by atoms with Crippen molar-refractivity contribution < 1.29 is 19.7 Å². The summed E-state index contributed by atoms with van der Waals surface area (Å²) < 4.78 is 5.93. The van der Waals surface area contributed by atoms with E-state index in [0.29, 0.717) is 5.56 Å². The average Bonchev–Trinajstić information content (AvgIpc) is 2.50. The third kappa shape index (κ3) is 4.49. The van der Waals surface area contributed by atoms with Crippen LogP contribution in [0.25, 0.3) is 0 Å². The van der Waals surface area contributed by atoms with Gasteiger partial charge in [0.15, 0.2) is 18.1 Å². The Morgan fingerprint density at radius 3 is 2.77 bits per heavy atom. The van der Waals surface area contributed by atoms with Crippen molar-refractivity contribution in [3.05, 3.63) is 52.5 Å². The zero-order valence-electron chi connectivity index (χ0n) is 11.4. The summed E-state index contributed by atoms with van der Waals surface area (Å²) in [6.07, 6.45) is 1.32. The molecule has 0 spiro atoms. The normalized spacial score (nSPS) is 10.6. The van der Waals surface area contributed by atoms with Crippen LogP contribution in [0.5, 0.6) is 17.2 Å². The first-order chi connectivity index (χ1) is 10.6. The van der Waals surface area contributed by atoms with Gasteiger partial charge in [-0.1, -0.05) is 28.1 Å². The molecule has 22 heavy (non-hydrogen) atoms. The van der Waals surface area contributed by atoms with E-state index < -0.39 is 5.91 Å². The lowest BCUT2D eigenvalue weighted by Gasteiger charge is -2.06. The van der Waals surface area contributed by atoms with Gasteiger partial charge in [-0.05, 0) is 30.3 Å². The van der Waals surface area contributed by atoms with Crippen LogP contribution in [-0.4, -0.2) is 28.9 Å². The first kappa shape index (κ1) is 15.8. The molecule has 2 rings (SSSR count). The van der Waals surface area contributed by atoms with Gasteiger partial charge in [0.2, 0.25) is 0 Å². The highest BCUT2D eigenvalue weighted by atomic mass is 79.9. The van der Waals surface area contributed by atoms with E-state index in [2.05, 4.69) is 26.5 Å². The van der Waals surface area contributed by atoms with Gasteiger partial charge in [0.1, 0.15) is 5.75 Å². The molecule has 0 heterocycles. The second-order valence-electron chi connectivity index (χ2n) is 4.25. The maximum absolute atomic E-state index is 11.6. The molecule has 2 aromatic carbocycles. The van der Waals surface area contributed by atoms with E-state index in [1.807, 2.05) is 0 Å². The fraction of sp³-hybridized carbons (Fsp3) is 0.0667. The van der Waals surface area contributed by atoms with E-state index in [0.717, 1.165) is 4.47 Å². The van der Waals surface area contributed by atoms with Gasteiger partial charge in [-0.3, -0.25) is 4.79 Å². The van der Waals surface area contributed by atoms with Gasteiger partial charge < -0.3 is 14.9 Å². The second kappa shape index (κ2) is 7.46. The summed E-state index contributed by atoms with van der Waals surface area (Å²) in [6, 6.07) is 11.2. The van der Waals surface area contributed by atoms with Crippen molar-refractivity contribution in [3.8, 4) is 17.2 Å². The lowest BCUT2D eigenvalue weighted by atomic mass is 10.2. The Hall–Kier alpha value is -2.54. The van der Waals surface area contributed by atoms with Gasteiger partial charge in [0.05, 0.1) is 6.21 Å². The molecule has 0 atom stereocenters. The summed E-state index contributed by atoms with van der Waals surface area (Å²) >= 11 is 3.27. The maximum Gasteiger partial charge on any atom is 0.277 e. The largest absolute Gasteiger partial charge is 0.507 e. The van der Waals surface area contributed by atoms with E-state index in [4.69, 9.17) is 4.74 Å². The standard InChI is InChI=1S/C15H13BrN2O4/c16-11-5-6-12(19)10(7-11)8-17-18-15(21)9-22-14-4-2-1-3-13(14)20/h1-8,19-20H,9H2,(H,18,21). The predicted molar refractivity (Wildman–Crippen MR) is 85.1 cm³/mol. The van der Waals surface area contributed by atoms with Crippen molar-refractivity contribution >= 4 is 28.1 Å². The Morgan fingerprint density at radius 1 is 1.23 bits per heavy atom.